The van der Waals surface area contributed by atoms with Gasteiger partial charge in [-0.25, -0.2) is 13.1 Å². The molecule has 0 saturated carbocycles. The number of non-ortho nitro benzene ring substituents is 1. The van der Waals surface area contributed by atoms with E-state index in [0.29, 0.717) is 17.9 Å². The van der Waals surface area contributed by atoms with Gasteiger partial charge in [0.2, 0.25) is 10.0 Å². The van der Waals surface area contributed by atoms with E-state index in [1.165, 1.54) is 19.1 Å². The van der Waals surface area contributed by atoms with Gasteiger partial charge in [-0.2, -0.15) is 0 Å². The molecule has 0 aliphatic rings. The number of hydrogen-bond donors (Lipinski definition) is 2. The Hall–Kier alpha value is -2.46. The zero-order chi connectivity index (χ0) is 17.0. The molecule has 1 aromatic heterocycles. The van der Waals surface area contributed by atoms with Gasteiger partial charge >= 0.3 is 0 Å². The highest BCUT2D eigenvalue weighted by atomic mass is 32.2. The van der Waals surface area contributed by atoms with E-state index in [0.717, 1.165) is 0 Å². The predicted molar refractivity (Wildman–Crippen MR) is 82.8 cm³/mol. The summed E-state index contributed by atoms with van der Waals surface area (Å²) >= 11 is 0. The van der Waals surface area contributed by atoms with E-state index in [1.54, 1.807) is 19.1 Å². The third kappa shape index (κ3) is 4.05. The quantitative estimate of drug-likeness (QED) is 0.445. The Morgan fingerprint density at radius 2 is 1.87 bits per heavy atom. The van der Waals surface area contributed by atoms with Crippen molar-refractivity contribution in [1.82, 2.24) is 9.88 Å². The van der Waals surface area contributed by atoms with Crippen LogP contribution in [0.25, 0.3) is 0 Å². The summed E-state index contributed by atoms with van der Waals surface area (Å²) in [7, 11) is -3.69. The van der Waals surface area contributed by atoms with Gasteiger partial charge in [0, 0.05) is 30.9 Å². The second kappa shape index (κ2) is 6.75. The molecule has 124 valence electrons. The van der Waals surface area contributed by atoms with Gasteiger partial charge in [0.1, 0.15) is 10.6 Å². The van der Waals surface area contributed by atoms with E-state index >= 15 is 0 Å². The van der Waals surface area contributed by atoms with Crippen LogP contribution in [0.1, 0.15) is 11.5 Å². The highest BCUT2D eigenvalue weighted by Gasteiger charge is 2.23. The maximum atomic E-state index is 12.2. The number of sulfonamides is 1. The minimum atomic E-state index is -3.69. The smallest absolute Gasteiger partial charge is 0.269 e. The molecule has 0 spiro atoms. The molecule has 2 N–H and O–H groups in total. The van der Waals surface area contributed by atoms with Crippen LogP contribution in [0.2, 0.25) is 0 Å². The van der Waals surface area contributed by atoms with E-state index in [1.807, 2.05) is 0 Å². The summed E-state index contributed by atoms with van der Waals surface area (Å²) in [6.07, 6.45) is 0. The topological polar surface area (TPSA) is 127 Å². The van der Waals surface area contributed by atoms with Gasteiger partial charge in [-0.05, 0) is 26.0 Å². The van der Waals surface area contributed by atoms with Crippen molar-refractivity contribution in [2.75, 3.05) is 18.4 Å². The molecule has 1 heterocycles. The fraction of sp³-hybridized carbons (Fsp3) is 0.308. The Balaban J connectivity index is 1.89. The Morgan fingerprint density at radius 3 is 2.39 bits per heavy atom. The molecule has 0 aliphatic carbocycles. The lowest BCUT2D eigenvalue weighted by molar-refractivity contribution is -0.384. The summed E-state index contributed by atoms with van der Waals surface area (Å²) in [5.41, 5.74) is 0.958. The number of rotatable bonds is 7. The highest BCUT2D eigenvalue weighted by molar-refractivity contribution is 7.89. The summed E-state index contributed by atoms with van der Waals surface area (Å²) in [4.78, 5) is 10.1. The van der Waals surface area contributed by atoms with Gasteiger partial charge < -0.3 is 9.84 Å². The summed E-state index contributed by atoms with van der Waals surface area (Å²) in [5.74, 6) is 0.235. The summed E-state index contributed by atoms with van der Waals surface area (Å²) in [6, 6.07) is 5.86. The van der Waals surface area contributed by atoms with Crippen molar-refractivity contribution in [3.63, 3.8) is 0 Å². The van der Waals surface area contributed by atoms with Crippen LogP contribution in [0, 0.1) is 24.0 Å². The molecule has 0 saturated heterocycles. The minimum absolute atomic E-state index is 0.00494. The Kier molecular flexibility index (Phi) is 4.96. The van der Waals surface area contributed by atoms with Crippen LogP contribution >= 0.6 is 0 Å². The first-order valence-corrected chi connectivity index (χ1v) is 8.20. The summed E-state index contributed by atoms with van der Waals surface area (Å²) in [5, 5.41) is 17.1. The van der Waals surface area contributed by atoms with Crippen molar-refractivity contribution >= 4 is 21.4 Å². The SMILES string of the molecule is Cc1noc(C)c1S(=O)(=O)NCCNc1ccc([N+](=O)[O-])cc1. The van der Waals surface area contributed by atoms with Crippen molar-refractivity contribution in [2.24, 2.45) is 0 Å². The van der Waals surface area contributed by atoms with Crippen molar-refractivity contribution in [3.05, 3.63) is 45.8 Å². The third-order valence-electron chi connectivity index (χ3n) is 3.06. The molecule has 0 aliphatic heterocycles. The van der Waals surface area contributed by atoms with E-state index < -0.39 is 14.9 Å². The number of aromatic nitrogens is 1. The van der Waals surface area contributed by atoms with Crippen LogP contribution < -0.4 is 10.0 Å². The molecule has 1 aromatic carbocycles. The second-order valence-electron chi connectivity index (χ2n) is 4.78. The zero-order valence-electron chi connectivity index (χ0n) is 12.6. The molecule has 23 heavy (non-hydrogen) atoms. The molecule has 2 rings (SSSR count). The molecular weight excluding hydrogens is 324 g/mol. The van der Waals surface area contributed by atoms with E-state index in [-0.39, 0.29) is 22.9 Å². The fourth-order valence-corrected chi connectivity index (χ4v) is 3.38. The average Bonchev–Trinajstić information content (AvgIpc) is 2.84. The molecule has 0 bridgehead atoms. The molecule has 9 nitrogen and oxygen atoms in total. The average molecular weight is 340 g/mol. The maximum absolute atomic E-state index is 12.2. The Bertz CT molecular complexity index is 779. The van der Waals surface area contributed by atoms with Crippen LogP contribution in [-0.4, -0.2) is 31.6 Å². The van der Waals surface area contributed by atoms with Crippen molar-refractivity contribution in [1.29, 1.82) is 0 Å². The van der Waals surface area contributed by atoms with E-state index in [2.05, 4.69) is 15.2 Å². The molecule has 0 fully saturated rings. The number of hydrogen-bond acceptors (Lipinski definition) is 7. The monoisotopic (exact) mass is 340 g/mol. The Morgan fingerprint density at radius 1 is 1.22 bits per heavy atom. The second-order valence-corrected chi connectivity index (χ2v) is 6.49. The number of anilines is 1. The van der Waals surface area contributed by atoms with Crippen LogP contribution in [0.4, 0.5) is 11.4 Å². The number of aryl methyl sites for hydroxylation is 2. The van der Waals surface area contributed by atoms with E-state index in [4.69, 9.17) is 4.52 Å². The number of nitrogens with one attached hydrogen (secondary N) is 2. The first-order chi connectivity index (χ1) is 10.8. The van der Waals surface area contributed by atoms with Crippen LogP contribution in [-0.2, 0) is 10.0 Å². The molecule has 0 radical (unpaired) electrons. The fourth-order valence-electron chi connectivity index (χ4n) is 2.02. The standard InChI is InChI=1S/C13H16N4O5S/c1-9-13(10(2)22-16-9)23(20,21)15-8-7-14-11-3-5-12(6-4-11)17(18)19/h3-6,14-15H,7-8H2,1-2H3. The maximum Gasteiger partial charge on any atom is 0.269 e. The van der Waals surface area contributed by atoms with Gasteiger partial charge in [-0.3, -0.25) is 10.1 Å². The molecule has 0 atom stereocenters. The first kappa shape index (κ1) is 16.9. The molecule has 0 unspecified atom stereocenters. The zero-order valence-corrected chi connectivity index (χ0v) is 13.4. The first-order valence-electron chi connectivity index (χ1n) is 6.72. The van der Waals surface area contributed by atoms with Gasteiger partial charge in [0.05, 0.1) is 4.92 Å². The molecule has 2 aromatic rings. The van der Waals surface area contributed by atoms with Gasteiger partial charge in [-0.15, -0.1) is 0 Å². The van der Waals surface area contributed by atoms with Gasteiger partial charge in [-0.1, -0.05) is 5.16 Å². The van der Waals surface area contributed by atoms with Crippen molar-refractivity contribution < 1.29 is 17.9 Å². The van der Waals surface area contributed by atoms with Crippen LogP contribution in [0.5, 0.6) is 0 Å². The van der Waals surface area contributed by atoms with Crippen LogP contribution in [0.15, 0.2) is 33.7 Å². The van der Waals surface area contributed by atoms with Crippen molar-refractivity contribution in [3.8, 4) is 0 Å². The number of benzene rings is 1. The lowest BCUT2D eigenvalue weighted by atomic mass is 10.3. The largest absolute Gasteiger partial charge is 0.384 e. The normalized spacial score (nSPS) is 11.4. The number of nitro groups is 1. The molecule has 10 heteroatoms. The third-order valence-corrected chi connectivity index (χ3v) is 4.77. The van der Waals surface area contributed by atoms with Gasteiger partial charge in [0.15, 0.2) is 5.76 Å². The lowest BCUT2D eigenvalue weighted by Crippen LogP contribution is -2.29. The highest BCUT2D eigenvalue weighted by Crippen LogP contribution is 2.18. The van der Waals surface area contributed by atoms with Gasteiger partial charge in [0.25, 0.3) is 5.69 Å². The minimum Gasteiger partial charge on any atom is -0.384 e. The predicted octanol–water partition coefficient (Wildman–Crippen LogP) is 1.59. The number of nitro benzene ring substituents is 1. The Labute approximate surface area is 132 Å². The lowest BCUT2D eigenvalue weighted by Gasteiger charge is -2.08. The van der Waals surface area contributed by atoms with Crippen LogP contribution in [0.3, 0.4) is 0 Å². The molecule has 0 amide bonds. The number of nitrogens with zero attached hydrogens (tertiary/aromatic N) is 2. The summed E-state index contributed by atoms with van der Waals surface area (Å²) in [6.45, 7) is 3.55. The molecular formula is C13H16N4O5S. The van der Waals surface area contributed by atoms with E-state index in [9.17, 15) is 18.5 Å². The summed E-state index contributed by atoms with van der Waals surface area (Å²) < 4.78 is 31.6. The van der Waals surface area contributed by atoms with Crippen molar-refractivity contribution in [2.45, 2.75) is 18.7 Å².